The van der Waals surface area contributed by atoms with E-state index in [0.29, 0.717) is 50.5 Å². The van der Waals surface area contributed by atoms with Crippen LogP contribution in [0.3, 0.4) is 0 Å². The molecule has 2 amide bonds. The summed E-state index contributed by atoms with van der Waals surface area (Å²) in [6, 6.07) is 7.30. The van der Waals surface area contributed by atoms with Crippen molar-refractivity contribution in [2.45, 2.75) is 32.1 Å². The molecular formula is C18H23ClN2O4. The first-order valence-electron chi connectivity index (χ1n) is 8.48. The highest BCUT2D eigenvalue weighted by Crippen LogP contribution is 2.17. The molecule has 6 nitrogen and oxygen atoms in total. The molecule has 0 atom stereocenters. The Hall–Kier alpha value is -2.08. The molecule has 1 heterocycles. The Morgan fingerprint density at radius 3 is 2.08 bits per heavy atom. The number of hydrogen-bond acceptors (Lipinski definition) is 3. The minimum Gasteiger partial charge on any atom is -0.481 e. The van der Waals surface area contributed by atoms with Crippen LogP contribution in [0.4, 0.5) is 0 Å². The highest BCUT2D eigenvalue weighted by atomic mass is 35.5. The summed E-state index contributed by atoms with van der Waals surface area (Å²) in [6.07, 6.45) is 1.81. The number of nitrogens with zero attached hydrogens (tertiary/aromatic N) is 2. The minimum atomic E-state index is -0.835. The topological polar surface area (TPSA) is 77.9 Å². The summed E-state index contributed by atoms with van der Waals surface area (Å²) < 4.78 is 0. The molecule has 1 aromatic rings. The molecule has 0 spiro atoms. The first-order valence-corrected chi connectivity index (χ1v) is 8.86. The van der Waals surface area contributed by atoms with Gasteiger partial charge in [0.2, 0.25) is 11.8 Å². The van der Waals surface area contributed by atoms with Gasteiger partial charge < -0.3 is 14.9 Å². The zero-order chi connectivity index (χ0) is 18.2. The van der Waals surface area contributed by atoms with E-state index >= 15 is 0 Å². The molecule has 0 unspecified atom stereocenters. The second-order valence-corrected chi connectivity index (χ2v) is 6.54. The molecular weight excluding hydrogens is 344 g/mol. The van der Waals surface area contributed by atoms with E-state index in [0.717, 1.165) is 5.56 Å². The lowest BCUT2D eigenvalue weighted by atomic mass is 10.1. The van der Waals surface area contributed by atoms with Crippen molar-refractivity contribution in [3.8, 4) is 0 Å². The number of carbonyl (C=O) groups is 3. The van der Waals surface area contributed by atoms with Crippen LogP contribution in [0.25, 0.3) is 0 Å². The average Bonchev–Trinajstić information content (AvgIpc) is 2.60. The van der Waals surface area contributed by atoms with Crippen molar-refractivity contribution < 1.29 is 19.5 Å². The van der Waals surface area contributed by atoms with E-state index in [-0.39, 0.29) is 24.7 Å². The van der Waals surface area contributed by atoms with Crippen LogP contribution >= 0.6 is 11.6 Å². The van der Waals surface area contributed by atoms with Gasteiger partial charge in [-0.3, -0.25) is 14.4 Å². The van der Waals surface area contributed by atoms with E-state index < -0.39 is 5.97 Å². The SMILES string of the molecule is O=C(O)CCCCC(=O)N1CCN(C(=O)Cc2ccccc2Cl)CC1. The Morgan fingerprint density at radius 2 is 1.48 bits per heavy atom. The molecule has 25 heavy (non-hydrogen) atoms. The van der Waals surface area contributed by atoms with Crippen molar-refractivity contribution in [2.75, 3.05) is 26.2 Å². The third-order valence-corrected chi connectivity index (χ3v) is 4.68. The fourth-order valence-electron chi connectivity index (χ4n) is 2.83. The van der Waals surface area contributed by atoms with Gasteiger partial charge in [0.1, 0.15) is 0 Å². The molecule has 0 radical (unpaired) electrons. The number of piperazine rings is 1. The van der Waals surface area contributed by atoms with Gasteiger partial charge >= 0.3 is 5.97 Å². The zero-order valence-electron chi connectivity index (χ0n) is 14.1. The second-order valence-electron chi connectivity index (χ2n) is 6.13. The molecule has 136 valence electrons. The van der Waals surface area contributed by atoms with Gasteiger partial charge in [-0.2, -0.15) is 0 Å². The smallest absolute Gasteiger partial charge is 0.303 e. The number of amides is 2. The molecule has 0 saturated carbocycles. The first kappa shape index (κ1) is 19.2. The largest absolute Gasteiger partial charge is 0.481 e. The molecule has 7 heteroatoms. The quantitative estimate of drug-likeness (QED) is 0.750. The van der Waals surface area contributed by atoms with E-state index in [2.05, 4.69) is 0 Å². The highest BCUT2D eigenvalue weighted by molar-refractivity contribution is 6.31. The number of unbranched alkanes of at least 4 members (excludes halogenated alkanes) is 1. The van der Waals surface area contributed by atoms with Crippen molar-refractivity contribution in [3.05, 3.63) is 34.9 Å². The van der Waals surface area contributed by atoms with Gasteiger partial charge in [0.05, 0.1) is 6.42 Å². The normalized spacial score (nSPS) is 14.4. The Morgan fingerprint density at radius 1 is 0.920 bits per heavy atom. The Balaban J connectivity index is 1.73. The lowest BCUT2D eigenvalue weighted by molar-refractivity contribution is -0.139. The van der Waals surface area contributed by atoms with Gasteiger partial charge in [-0.25, -0.2) is 0 Å². The minimum absolute atomic E-state index is 0.0154. The van der Waals surface area contributed by atoms with Crippen LogP contribution in [0.1, 0.15) is 31.2 Å². The van der Waals surface area contributed by atoms with Crippen molar-refractivity contribution in [3.63, 3.8) is 0 Å². The first-order chi connectivity index (χ1) is 12.0. The lowest BCUT2D eigenvalue weighted by Crippen LogP contribution is -2.51. The van der Waals surface area contributed by atoms with Crippen molar-refractivity contribution in [2.24, 2.45) is 0 Å². The molecule has 1 saturated heterocycles. The van der Waals surface area contributed by atoms with E-state index in [4.69, 9.17) is 16.7 Å². The number of carboxylic acids is 1. The summed E-state index contributed by atoms with van der Waals surface area (Å²) in [6.45, 7) is 2.08. The molecule has 0 aromatic heterocycles. The van der Waals surface area contributed by atoms with Crippen LogP contribution in [-0.4, -0.2) is 58.9 Å². The molecule has 1 N–H and O–H groups in total. The number of rotatable bonds is 7. The van der Waals surface area contributed by atoms with Gasteiger partial charge in [-0.1, -0.05) is 29.8 Å². The van der Waals surface area contributed by atoms with E-state index in [9.17, 15) is 14.4 Å². The molecule has 2 rings (SSSR count). The summed E-state index contributed by atoms with van der Waals surface area (Å²) in [5.41, 5.74) is 0.811. The third-order valence-electron chi connectivity index (χ3n) is 4.32. The molecule has 1 fully saturated rings. The monoisotopic (exact) mass is 366 g/mol. The van der Waals surface area contributed by atoms with E-state index in [1.165, 1.54) is 0 Å². The predicted octanol–water partition coefficient (Wildman–Crippen LogP) is 2.20. The summed E-state index contributed by atoms with van der Waals surface area (Å²) in [5.74, 6) is -0.789. The van der Waals surface area contributed by atoms with Gasteiger partial charge in [-0.15, -0.1) is 0 Å². The molecule has 1 aromatic carbocycles. The Kier molecular flexibility index (Phi) is 7.25. The maximum atomic E-state index is 12.4. The fraction of sp³-hybridized carbons (Fsp3) is 0.500. The molecule has 0 aliphatic carbocycles. The molecule has 1 aliphatic heterocycles. The Labute approximate surface area is 152 Å². The summed E-state index contributed by atoms with van der Waals surface area (Å²) in [4.78, 5) is 38.5. The summed E-state index contributed by atoms with van der Waals surface area (Å²) >= 11 is 6.09. The van der Waals surface area contributed by atoms with Crippen LogP contribution < -0.4 is 0 Å². The van der Waals surface area contributed by atoms with Crippen LogP contribution in [0.5, 0.6) is 0 Å². The highest BCUT2D eigenvalue weighted by Gasteiger charge is 2.24. The maximum absolute atomic E-state index is 12.4. The van der Waals surface area contributed by atoms with Crippen LogP contribution in [-0.2, 0) is 20.8 Å². The van der Waals surface area contributed by atoms with Crippen molar-refractivity contribution in [1.29, 1.82) is 0 Å². The number of hydrogen-bond donors (Lipinski definition) is 1. The van der Waals surface area contributed by atoms with Gasteiger partial charge in [0.25, 0.3) is 0 Å². The van der Waals surface area contributed by atoms with E-state index in [1.807, 2.05) is 18.2 Å². The molecule has 0 bridgehead atoms. The van der Waals surface area contributed by atoms with Gasteiger partial charge in [0.15, 0.2) is 0 Å². The van der Waals surface area contributed by atoms with Crippen LogP contribution in [0.15, 0.2) is 24.3 Å². The van der Waals surface area contributed by atoms with Gasteiger partial charge in [0, 0.05) is 44.0 Å². The maximum Gasteiger partial charge on any atom is 0.303 e. The predicted molar refractivity (Wildman–Crippen MR) is 94.4 cm³/mol. The number of benzene rings is 1. The number of aliphatic carboxylic acids is 1. The Bertz CT molecular complexity index is 627. The van der Waals surface area contributed by atoms with Crippen molar-refractivity contribution >= 4 is 29.4 Å². The number of carboxylic acid groups (broad SMARTS) is 1. The fourth-order valence-corrected chi connectivity index (χ4v) is 3.03. The molecule has 1 aliphatic rings. The lowest BCUT2D eigenvalue weighted by Gasteiger charge is -2.35. The summed E-state index contributed by atoms with van der Waals surface area (Å²) in [5, 5.41) is 9.18. The second kappa shape index (κ2) is 9.42. The third kappa shape index (κ3) is 6.05. The standard InChI is InChI=1S/C18H23ClN2O4/c19-15-6-2-1-5-14(15)13-17(23)21-11-9-20(10-12-21)16(22)7-3-4-8-18(24)25/h1-2,5-6H,3-4,7-13H2,(H,24,25). The van der Waals surface area contributed by atoms with E-state index in [1.54, 1.807) is 15.9 Å². The average molecular weight is 367 g/mol. The van der Waals surface area contributed by atoms with Crippen LogP contribution in [0, 0.1) is 0 Å². The van der Waals surface area contributed by atoms with Crippen molar-refractivity contribution in [1.82, 2.24) is 9.80 Å². The number of carbonyl (C=O) groups excluding carboxylic acids is 2. The zero-order valence-corrected chi connectivity index (χ0v) is 14.9. The summed E-state index contributed by atoms with van der Waals surface area (Å²) in [7, 11) is 0. The number of halogens is 1. The van der Waals surface area contributed by atoms with Crippen LogP contribution in [0.2, 0.25) is 5.02 Å². The van der Waals surface area contributed by atoms with Gasteiger partial charge in [-0.05, 0) is 24.5 Å².